The number of hydrogen-bond donors (Lipinski definition) is 2. The van der Waals surface area contributed by atoms with Gasteiger partial charge in [0.15, 0.2) is 5.78 Å². The van der Waals surface area contributed by atoms with Crippen LogP contribution in [0, 0.1) is 0 Å². The van der Waals surface area contributed by atoms with Crippen LogP contribution < -0.4 is 11.5 Å². The third-order valence-corrected chi connectivity index (χ3v) is 3.42. The number of fused-ring (bicyclic) bond motifs is 2. The van der Waals surface area contributed by atoms with E-state index in [-0.39, 0.29) is 5.78 Å². The Morgan fingerprint density at radius 3 is 1.67 bits per heavy atom. The highest BCUT2D eigenvalue weighted by molar-refractivity contribution is 6.12. The molecule has 90 valence electrons. The van der Waals surface area contributed by atoms with E-state index >= 15 is 0 Å². The van der Waals surface area contributed by atoms with Gasteiger partial charge in [-0.25, -0.2) is 0 Å². The number of rotatable bonds is 0. The Balaban J connectivity index is 2.22. The molecule has 3 rings (SSSR count). The van der Waals surface area contributed by atoms with E-state index in [4.69, 9.17) is 11.5 Å². The minimum Gasteiger partial charge on any atom is -0.399 e. The van der Waals surface area contributed by atoms with E-state index in [0.29, 0.717) is 22.5 Å². The minimum absolute atomic E-state index is 0.0251. The number of nitrogens with two attached hydrogens (primary N) is 2. The van der Waals surface area contributed by atoms with Gasteiger partial charge < -0.3 is 11.5 Å². The van der Waals surface area contributed by atoms with Gasteiger partial charge in [-0.05, 0) is 48.2 Å². The van der Waals surface area contributed by atoms with Crippen LogP contribution in [0.2, 0.25) is 0 Å². The van der Waals surface area contributed by atoms with E-state index in [1.54, 1.807) is 12.1 Å². The van der Waals surface area contributed by atoms with Gasteiger partial charge >= 0.3 is 0 Å². The number of nitrogen functional groups attached to an aromatic ring is 2. The van der Waals surface area contributed by atoms with Crippen LogP contribution in [-0.4, -0.2) is 5.78 Å². The van der Waals surface area contributed by atoms with E-state index in [9.17, 15) is 4.79 Å². The second kappa shape index (κ2) is 3.88. The van der Waals surface area contributed by atoms with Crippen LogP contribution in [0.25, 0.3) is 0 Å². The van der Waals surface area contributed by atoms with Gasteiger partial charge in [0, 0.05) is 22.5 Å². The molecule has 3 nitrogen and oxygen atoms in total. The van der Waals surface area contributed by atoms with E-state index in [2.05, 4.69) is 0 Å². The standard InChI is InChI=1S/C15H14N2O/c16-11-5-3-9-1-2-10-4-6-12(17)8-14(10)15(18)13(9)7-11/h3-8H,1-2,16-17H2. The van der Waals surface area contributed by atoms with Crippen molar-refractivity contribution in [1.82, 2.24) is 0 Å². The number of hydrogen-bond acceptors (Lipinski definition) is 3. The third-order valence-electron chi connectivity index (χ3n) is 3.42. The summed E-state index contributed by atoms with van der Waals surface area (Å²) < 4.78 is 0. The van der Waals surface area contributed by atoms with E-state index in [1.807, 2.05) is 24.3 Å². The van der Waals surface area contributed by atoms with Crippen LogP contribution in [0.1, 0.15) is 27.0 Å². The highest BCUT2D eigenvalue weighted by atomic mass is 16.1. The van der Waals surface area contributed by atoms with Gasteiger partial charge in [-0.2, -0.15) is 0 Å². The molecule has 3 heteroatoms. The summed E-state index contributed by atoms with van der Waals surface area (Å²) in [6, 6.07) is 11.1. The average Bonchev–Trinajstić information content (AvgIpc) is 2.49. The van der Waals surface area contributed by atoms with Crippen LogP contribution >= 0.6 is 0 Å². The van der Waals surface area contributed by atoms with Gasteiger partial charge in [0.25, 0.3) is 0 Å². The molecule has 0 spiro atoms. The first-order chi connectivity index (χ1) is 8.65. The maximum Gasteiger partial charge on any atom is 0.193 e. The zero-order valence-corrected chi connectivity index (χ0v) is 9.94. The summed E-state index contributed by atoms with van der Waals surface area (Å²) >= 11 is 0. The summed E-state index contributed by atoms with van der Waals surface area (Å²) in [7, 11) is 0. The molecule has 0 saturated heterocycles. The number of carbonyl (C=O) groups excluding carboxylic acids is 1. The summed E-state index contributed by atoms with van der Waals surface area (Å²) in [5, 5.41) is 0. The molecule has 0 radical (unpaired) electrons. The second-order valence-corrected chi connectivity index (χ2v) is 4.66. The van der Waals surface area contributed by atoms with Gasteiger partial charge in [0.05, 0.1) is 0 Å². The number of anilines is 2. The van der Waals surface area contributed by atoms with Crippen LogP contribution in [-0.2, 0) is 12.8 Å². The number of benzene rings is 2. The van der Waals surface area contributed by atoms with Crippen LogP contribution in [0.4, 0.5) is 11.4 Å². The van der Waals surface area contributed by atoms with Crippen LogP contribution in [0.3, 0.4) is 0 Å². The summed E-state index contributed by atoms with van der Waals surface area (Å²) in [5.41, 5.74) is 16.3. The lowest BCUT2D eigenvalue weighted by molar-refractivity contribution is 0.103. The predicted molar refractivity (Wildman–Crippen MR) is 72.5 cm³/mol. The monoisotopic (exact) mass is 238 g/mol. The summed E-state index contributed by atoms with van der Waals surface area (Å²) in [4.78, 5) is 12.5. The Hall–Kier alpha value is -2.29. The molecule has 1 aliphatic carbocycles. The maximum atomic E-state index is 12.5. The lowest BCUT2D eigenvalue weighted by Gasteiger charge is -2.06. The second-order valence-electron chi connectivity index (χ2n) is 4.66. The topological polar surface area (TPSA) is 69.1 Å². The van der Waals surface area contributed by atoms with Gasteiger partial charge in [0.2, 0.25) is 0 Å². The van der Waals surface area contributed by atoms with Crippen LogP contribution in [0.15, 0.2) is 36.4 Å². The molecule has 0 bridgehead atoms. The predicted octanol–water partition coefficient (Wildman–Crippen LogP) is 2.18. The first kappa shape index (κ1) is 10.8. The molecular formula is C15H14N2O. The molecule has 2 aromatic rings. The molecule has 1 aliphatic rings. The van der Waals surface area contributed by atoms with E-state index < -0.39 is 0 Å². The summed E-state index contributed by atoms with van der Waals surface area (Å²) in [5.74, 6) is 0.0251. The Morgan fingerprint density at radius 2 is 1.22 bits per heavy atom. The van der Waals surface area contributed by atoms with E-state index in [0.717, 1.165) is 24.0 Å². The molecular weight excluding hydrogens is 224 g/mol. The summed E-state index contributed by atoms with van der Waals surface area (Å²) in [6.07, 6.45) is 1.72. The van der Waals surface area contributed by atoms with Crippen molar-refractivity contribution in [3.8, 4) is 0 Å². The van der Waals surface area contributed by atoms with Crippen molar-refractivity contribution in [2.45, 2.75) is 12.8 Å². The highest BCUT2D eigenvalue weighted by Crippen LogP contribution is 2.27. The van der Waals surface area contributed by atoms with Gasteiger partial charge in [0.1, 0.15) is 0 Å². The number of carbonyl (C=O) groups is 1. The fourth-order valence-electron chi connectivity index (χ4n) is 2.46. The molecule has 0 saturated carbocycles. The zero-order valence-electron chi connectivity index (χ0n) is 9.94. The highest BCUT2D eigenvalue weighted by Gasteiger charge is 2.21. The van der Waals surface area contributed by atoms with Crippen molar-refractivity contribution in [1.29, 1.82) is 0 Å². The molecule has 0 aliphatic heterocycles. The minimum atomic E-state index is 0.0251. The summed E-state index contributed by atoms with van der Waals surface area (Å²) in [6.45, 7) is 0. The Bertz CT molecular complexity index is 591. The van der Waals surface area contributed by atoms with Crippen molar-refractivity contribution < 1.29 is 4.79 Å². The lowest BCUT2D eigenvalue weighted by atomic mass is 9.98. The first-order valence-corrected chi connectivity index (χ1v) is 5.96. The zero-order chi connectivity index (χ0) is 12.7. The maximum absolute atomic E-state index is 12.5. The van der Waals surface area contributed by atoms with Crippen LogP contribution in [0.5, 0.6) is 0 Å². The van der Waals surface area contributed by atoms with E-state index in [1.165, 1.54) is 0 Å². The SMILES string of the molecule is Nc1ccc2c(c1)C(=O)c1cc(N)ccc1CC2. The first-order valence-electron chi connectivity index (χ1n) is 5.96. The normalized spacial score (nSPS) is 13.7. The average molecular weight is 238 g/mol. The Kier molecular flexibility index (Phi) is 2.33. The molecule has 0 aromatic heterocycles. The van der Waals surface area contributed by atoms with Crippen molar-refractivity contribution in [2.24, 2.45) is 0 Å². The van der Waals surface area contributed by atoms with Crippen molar-refractivity contribution in [3.05, 3.63) is 58.7 Å². The molecule has 4 N–H and O–H groups in total. The fourth-order valence-corrected chi connectivity index (χ4v) is 2.46. The Labute approximate surface area is 105 Å². The molecule has 0 amide bonds. The Morgan fingerprint density at radius 1 is 0.778 bits per heavy atom. The molecule has 0 fully saturated rings. The fraction of sp³-hybridized carbons (Fsp3) is 0.133. The smallest absolute Gasteiger partial charge is 0.193 e. The largest absolute Gasteiger partial charge is 0.399 e. The van der Waals surface area contributed by atoms with Crippen molar-refractivity contribution in [3.63, 3.8) is 0 Å². The number of ketones is 1. The number of aryl methyl sites for hydroxylation is 2. The van der Waals surface area contributed by atoms with Crippen molar-refractivity contribution in [2.75, 3.05) is 11.5 Å². The quantitative estimate of drug-likeness (QED) is 0.691. The molecule has 0 heterocycles. The van der Waals surface area contributed by atoms with Gasteiger partial charge in [-0.1, -0.05) is 12.1 Å². The van der Waals surface area contributed by atoms with Gasteiger partial charge in [-0.3, -0.25) is 4.79 Å². The third kappa shape index (κ3) is 1.64. The molecule has 0 atom stereocenters. The van der Waals surface area contributed by atoms with Crippen molar-refractivity contribution >= 4 is 17.2 Å². The molecule has 18 heavy (non-hydrogen) atoms. The molecule has 2 aromatic carbocycles. The molecule has 0 unspecified atom stereocenters. The lowest BCUT2D eigenvalue weighted by Crippen LogP contribution is -2.05. The van der Waals surface area contributed by atoms with Gasteiger partial charge in [-0.15, -0.1) is 0 Å².